The van der Waals surface area contributed by atoms with Gasteiger partial charge in [-0.25, -0.2) is 0 Å². The Labute approximate surface area is 117 Å². The van der Waals surface area contributed by atoms with Crippen LogP contribution in [0.3, 0.4) is 0 Å². The highest BCUT2D eigenvalue weighted by Crippen LogP contribution is 2.41. The Kier molecular flexibility index (Phi) is 3.96. The van der Waals surface area contributed by atoms with Gasteiger partial charge in [-0.1, -0.05) is 20.8 Å². The summed E-state index contributed by atoms with van der Waals surface area (Å²) >= 11 is 0. The monoisotopic (exact) mass is 281 g/mol. The highest BCUT2D eigenvalue weighted by Gasteiger charge is 2.31. The smallest absolute Gasteiger partial charge is 0.311 e. The lowest BCUT2D eigenvalue weighted by atomic mass is 9.85. The topological polar surface area (TPSA) is 70.8 Å². The third-order valence-corrected chi connectivity index (χ3v) is 3.24. The van der Waals surface area contributed by atoms with E-state index in [0.29, 0.717) is 18.8 Å². The van der Waals surface area contributed by atoms with Crippen LogP contribution in [-0.2, 0) is 14.9 Å². The Morgan fingerprint density at radius 2 is 1.90 bits per heavy atom. The predicted molar refractivity (Wildman–Crippen MR) is 73.0 cm³/mol. The molecule has 1 saturated heterocycles. The van der Waals surface area contributed by atoms with E-state index in [1.165, 1.54) is 7.11 Å². The molecule has 1 aliphatic heterocycles. The van der Waals surface area contributed by atoms with Crippen molar-refractivity contribution in [3.8, 4) is 5.75 Å². The number of ether oxygens (including phenoxy) is 3. The van der Waals surface area contributed by atoms with E-state index < -0.39 is 11.2 Å². The molecule has 0 saturated carbocycles. The van der Waals surface area contributed by atoms with Crippen LogP contribution in [0.2, 0.25) is 0 Å². The number of nitrogens with zero attached hydrogens (tertiary/aromatic N) is 1. The summed E-state index contributed by atoms with van der Waals surface area (Å²) in [6, 6.07) is 3.42. The van der Waals surface area contributed by atoms with Crippen LogP contribution < -0.4 is 4.74 Å². The molecule has 1 fully saturated rings. The van der Waals surface area contributed by atoms with Crippen LogP contribution in [-0.4, -0.2) is 25.2 Å². The Bertz CT molecular complexity index is 515. The average molecular weight is 281 g/mol. The number of nitro benzene ring substituents is 1. The average Bonchev–Trinajstić information content (AvgIpc) is 2.89. The van der Waals surface area contributed by atoms with Gasteiger partial charge in [0.2, 0.25) is 5.75 Å². The first-order valence-corrected chi connectivity index (χ1v) is 6.44. The first-order valence-electron chi connectivity index (χ1n) is 6.44. The molecule has 1 aliphatic rings. The molecule has 0 aliphatic carbocycles. The van der Waals surface area contributed by atoms with Gasteiger partial charge in [-0.15, -0.1) is 0 Å². The van der Waals surface area contributed by atoms with Gasteiger partial charge >= 0.3 is 5.69 Å². The molecule has 0 atom stereocenters. The molecule has 0 radical (unpaired) electrons. The molecule has 6 nitrogen and oxygen atoms in total. The number of hydrogen-bond acceptors (Lipinski definition) is 5. The van der Waals surface area contributed by atoms with Crippen molar-refractivity contribution in [2.75, 3.05) is 20.3 Å². The molecule has 0 spiro atoms. The van der Waals surface area contributed by atoms with Crippen molar-refractivity contribution in [3.05, 3.63) is 33.4 Å². The minimum atomic E-state index is -0.606. The standard InChI is InChI=1S/C14H19NO5/c1-14(2,3)9-7-10(13-19-5-6-20-13)12(18-4)11(8-9)15(16)17/h7-8,13H,5-6H2,1-4H3. The van der Waals surface area contributed by atoms with Crippen LogP contribution in [0.1, 0.15) is 38.2 Å². The molecule has 0 amide bonds. The van der Waals surface area contributed by atoms with Gasteiger partial charge in [0.25, 0.3) is 0 Å². The zero-order chi connectivity index (χ0) is 14.9. The number of nitro groups is 1. The number of benzene rings is 1. The van der Waals surface area contributed by atoms with E-state index in [0.717, 1.165) is 5.56 Å². The molecule has 2 rings (SSSR count). The van der Waals surface area contributed by atoms with E-state index in [1.807, 2.05) is 26.8 Å². The Morgan fingerprint density at radius 1 is 1.30 bits per heavy atom. The van der Waals surface area contributed by atoms with Crippen LogP contribution in [0.4, 0.5) is 5.69 Å². The van der Waals surface area contributed by atoms with Gasteiger partial charge in [-0.3, -0.25) is 10.1 Å². The Balaban J connectivity index is 2.62. The Morgan fingerprint density at radius 3 is 2.35 bits per heavy atom. The van der Waals surface area contributed by atoms with Gasteiger partial charge in [-0.05, 0) is 17.0 Å². The van der Waals surface area contributed by atoms with Crippen LogP contribution >= 0.6 is 0 Å². The van der Waals surface area contributed by atoms with Crippen molar-refractivity contribution in [2.45, 2.75) is 32.5 Å². The maximum absolute atomic E-state index is 11.3. The number of hydrogen-bond donors (Lipinski definition) is 0. The molecule has 20 heavy (non-hydrogen) atoms. The Hall–Kier alpha value is -1.66. The zero-order valence-corrected chi connectivity index (χ0v) is 12.1. The van der Waals surface area contributed by atoms with Gasteiger partial charge in [-0.2, -0.15) is 0 Å². The van der Waals surface area contributed by atoms with Gasteiger partial charge in [0, 0.05) is 6.07 Å². The fraction of sp³-hybridized carbons (Fsp3) is 0.571. The first-order chi connectivity index (χ1) is 9.34. The number of methoxy groups -OCH3 is 1. The van der Waals surface area contributed by atoms with Gasteiger partial charge in [0.05, 0.1) is 30.8 Å². The van der Waals surface area contributed by atoms with Crippen molar-refractivity contribution in [1.82, 2.24) is 0 Å². The van der Waals surface area contributed by atoms with Crippen LogP contribution in [0.5, 0.6) is 5.75 Å². The molecule has 1 heterocycles. The molecule has 1 aromatic carbocycles. The second-order valence-electron chi connectivity index (χ2n) is 5.70. The van der Waals surface area contributed by atoms with Gasteiger partial charge in [0.15, 0.2) is 6.29 Å². The quantitative estimate of drug-likeness (QED) is 0.629. The summed E-state index contributed by atoms with van der Waals surface area (Å²) < 4.78 is 16.1. The molecule has 0 aromatic heterocycles. The normalized spacial score (nSPS) is 16.4. The summed E-state index contributed by atoms with van der Waals surface area (Å²) in [6.07, 6.45) is -0.606. The van der Waals surface area contributed by atoms with Crippen molar-refractivity contribution >= 4 is 5.69 Å². The largest absolute Gasteiger partial charge is 0.490 e. The van der Waals surface area contributed by atoms with E-state index in [-0.39, 0.29) is 16.9 Å². The lowest BCUT2D eigenvalue weighted by molar-refractivity contribution is -0.386. The summed E-state index contributed by atoms with van der Waals surface area (Å²) in [4.78, 5) is 10.8. The molecule has 110 valence electrons. The van der Waals surface area contributed by atoms with Crippen LogP contribution in [0.25, 0.3) is 0 Å². The lowest BCUT2D eigenvalue weighted by Gasteiger charge is -2.22. The zero-order valence-electron chi connectivity index (χ0n) is 12.1. The highest BCUT2D eigenvalue weighted by molar-refractivity contribution is 5.56. The van der Waals surface area contributed by atoms with Crippen LogP contribution in [0.15, 0.2) is 12.1 Å². The molecule has 0 unspecified atom stereocenters. The summed E-state index contributed by atoms with van der Waals surface area (Å²) in [7, 11) is 1.41. The molecule has 6 heteroatoms. The minimum absolute atomic E-state index is 0.0611. The highest BCUT2D eigenvalue weighted by atomic mass is 16.7. The summed E-state index contributed by atoms with van der Waals surface area (Å²) in [6.45, 7) is 6.94. The maximum Gasteiger partial charge on any atom is 0.311 e. The van der Waals surface area contributed by atoms with E-state index in [4.69, 9.17) is 14.2 Å². The SMILES string of the molecule is COc1c(C2OCCO2)cc(C(C)(C)C)cc1[N+](=O)[O-]. The number of rotatable bonds is 3. The summed E-state index contributed by atoms with van der Waals surface area (Å²) in [5, 5.41) is 11.3. The van der Waals surface area contributed by atoms with Crippen molar-refractivity contribution in [2.24, 2.45) is 0 Å². The first kappa shape index (κ1) is 14.7. The predicted octanol–water partition coefficient (Wildman–Crippen LogP) is 2.95. The second kappa shape index (κ2) is 5.38. The van der Waals surface area contributed by atoms with Gasteiger partial charge in [0.1, 0.15) is 0 Å². The summed E-state index contributed by atoms with van der Waals surface area (Å²) in [5.41, 5.74) is 1.14. The molecular weight excluding hydrogens is 262 g/mol. The van der Waals surface area contributed by atoms with E-state index >= 15 is 0 Å². The van der Waals surface area contributed by atoms with E-state index in [1.54, 1.807) is 6.07 Å². The van der Waals surface area contributed by atoms with Crippen molar-refractivity contribution in [3.63, 3.8) is 0 Å². The second-order valence-corrected chi connectivity index (χ2v) is 5.70. The summed E-state index contributed by atoms with van der Waals surface area (Å²) in [5.74, 6) is 0.204. The fourth-order valence-corrected chi connectivity index (χ4v) is 2.14. The van der Waals surface area contributed by atoms with E-state index in [2.05, 4.69) is 0 Å². The minimum Gasteiger partial charge on any atom is -0.490 e. The molecule has 0 bridgehead atoms. The molecule has 0 N–H and O–H groups in total. The van der Waals surface area contributed by atoms with E-state index in [9.17, 15) is 10.1 Å². The van der Waals surface area contributed by atoms with Crippen molar-refractivity contribution in [1.29, 1.82) is 0 Å². The van der Waals surface area contributed by atoms with Gasteiger partial charge < -0.3 is 14.2 Å². The van der Waals surface area contributed by atoms with Crippen molar-refractivity contribution < 1.29 is 19.1 Å². The third-order valence-electron chi connectivity index (χ3n) is 3.24. The molecular formula is C14H19NO5. The third kappa shape index (κ3) is 2.76. The molecule has 1 aromatic rings. The maximum atomic E-state index is 11.3. The lowest BCUT2D eigenvalue weighted by Crippen LogP contribution is -2.14. The fourth-order valence-electron chi connectivity index (χ4n) is 2.14. The van der Waals surface area contributed by atoms with Crippen LogP contribution in [0, 0.1) is 10.1 Å².